The normalized spacial score (nSPS) is 12.0. The van der Waals surface area contributed by atoms with Crippen molar-refractivity contribution in [3.63, 3.8) is 0 Å². The van der Waals surface area contributed by atoms with Crippen molar-refractivity contribution in [2.24, 2.45) is 5.92 Å². The molecule has 94 valence electrons. The van der Waals surface area contributed by atoms with Gasteiger partial charge in [0.2, 0.25) is 0 Å². The van der Waals surface area contributed by atoms with Crippen LogP contribution in [0.4, 0.5) is 5.69 Å². The summed E-state index contributed by atoms with van der Waals surface area (Å²) in [5, 5.41) is 3.26. The highest BCUT2D eigenvalue weighted by molar-refractivity contribution is 9.10. The molecule has 0 spiro atoms. The minimum Gasteiger partial charge on any atom is -0.466 e. The van der Waals surface area contributed by atoms with E-state index in [1.54, 1.807) is 0 Å². The van der Waals surface area contributed by atoms with E-state index in [0.717, 1.165) is 15.7 Å². The second-order valence-electron chi connectivity index (χ2n) is 3.99. The molecule has 1 rings (SSSR count). The number of carbonyl (C=O) groups excluding carboxylic acids is 1. The number of hydrogen-bond acceptors (Lipinski definition) is 3. The van der Waals surface area contributed by atoms with Gasteiger partial charge in [0.1, 0.15) is 0 Å². The minimum atomic E-state index is -0.158. The Morgan fingerprint density at radius 2 is 2.24 bits per heavy atom. The Balaban J connectivity index is 2.52. The molecule has 0 radical (unpaired) electrons. The third kappa shape index (κ3) is 4.38. The quantitative estimate of drug-likeness (QED) is 0.847. The molecular weight excluding hydrogens is 282 g/mol. The van der Waals surface area contributed by atoms with Gasteiger partial charge in [-0.15, -0.1) is 0 Å². The average molecular weight is 300 g/mol. The van der Waals surface area contributed by atoms with Crippen molar-refractivity contribution in [3.05, 3.63) is 28.2 Å². The van der Waals surface area contributed by atoms with Crippen LogP contribution in [-0.4, -0.2) is 19.1 Å². The van der Waals surface area contributed by atoms with Gasteiger partial charge in [0.15, 0.2) is 0 Å². The summed E-state index contributed by atoms with van der Waals surface area (Å²) in [7, 11) is 0. The molecule has 0 fully saturated rings. The molecule has 0 aromatic heterocycles. The van der Waals surface area contributed by atoms with Crippen LogP contribution < -0.4 is 5.32 Å². The molecule has 0 saturated heterocycles. The van der Waals surface area contributed by atoms with Gasteiger partial charge < -0.3 is 10.1 Å². The van der Waals surface area contributed by atoms with E-state index in [0.29, 0.717) is 13.2 Å². The number of anilines is 1. The van der Waals surface area contributed by atoms with Gasteiger partial charge in [-0.1, -0.05) is 22.9 Å². The summed E-state index contributed by atoms with van der Waals surface area (Å²) < 4.78 is 6.01. The molecule has 1 aromatic carbocycles. The molecule has 1 atom stereocenters. The lowest BCUT2D eigenvalue weighted by Crippen LogP contribution is -2.22. The molecular formula is C13H18BrNO2. The number of halogens is 1. The number of rotatable bonds is 5. The van der Waals surface area contributed by atoms with E-state index < -0.39 is 0 Å². The number of nitrogens with one attached hydrogen (secondary N) is 1. The Bertz CT molecular complexity index is 393. The van der Waals surface area contributed by atoms with Crippen LogP contribution in [0.25, 0.3) is 0 Å². The monoisotopic (exact) mass is 299 g/mol. The highest BCUT2D eigenvalue weighted by Crippen LogP contribution is 2.20. The van der Waals surface area contributed by atoms with Gasteiger partial charge in [0.25, 0.3) is 0 Å². The van der Waals surface area contributed by atoms with Crippen LogP contribution >= 0.6 is 15.9 Å². The summed E-state index contributed by atoms with van der Waals surface area (Å²) in [5.41, 5.74) is 2.19. The number of carbonyl (C=O) groups is 1. The maximum Gasteiger partial charge on any atom is 0.310 e. The predicted molar refractivity (Wildman–Crippen MR) is 73.2 cm³/mol. The predicted octanol–water partition coefficient (Wildman–Crippen LogP) is 3.37. The number of esters is 1. The maximum atomic E-state index is 11.4. The summed E-state index contributed by atoms with van der Waals surface area (Å²) in [6, 6.07) is 6.01. The summed E-state index contributed by atoms with van der Waals surface area (Å²) in [4.78, 5) is 11.4. The third-order valence-electron chi connectivity index (χ3n) is 2.48. The number of ether oxygens (including phenoxy) is 1. The minimum absolute atomic E-state index is 0.141. The highest BCUT2D eigenvalue weighted by atomic mass is 79.9. The molecule has 0 heterocycles. The van der Waals surface area contributed by atoms with E-state index in [2.05, 4.69) is 21.2 Å². The zero-order valence-electron chi connectivity index (χ0n) is 10.4. The summed E-state index contributed by atoms with van der Waals surface area (Å²) >= 11 is 3.42. The fourth-order valence-electron chi connectivity index (χ4n) is 1.46. The van der Waals surface area contributed by atoms with Crippen LogP contribution in [0.5, 0.6) is 0 Å². The van der Waals surface area contributed by atoms with Crippen molar-refractivity contribution < 1.29 is 9.53 Å². The Hall–Kier alpha value is -1.03. The van der Waals surface area contributed by atoms with Crippen LogP contribution in [0, 0.1) is 12.8 Å². The molecule has 1 unspecified atom stereocenters. The first kappa shape index (κ1) is 14.0. The lowest BCUT2D eigenvalue weighted by atomic mass is 10.1. The van der Waals surface area contributed by atoms with Crippen LogP contribution in [0.3, 0.4) is 0 Å². The van der Waals surface area contributed by atoms with Gasteiger partial charge in [-0.25, -0.2) is 0 Å². The van der Waals surface area contributed by atoms with Gasteiger partial charge in [0.05, 0.1) is 12.5 Å². The Kier molecular flexibility index (Phi) is 5.48. The van der Waals surface area contributed by atoms with E-state index in [9.17, 15) is 4.79 Å². The highest BCUT2D eigenvalue weighted by Gasteiger charge is 2.13. The van der Waals surface area contributed by atoms with Crippen molar-refractivity contribution in [1.82, 2.24) is 0 Å². The SMILES string of the molecule is CCOC(=O)C(C)CNc1ccc(Br)cc1C. The molecule has 1 N–H and O–H groups in total. The van der Waals surface area contributed by atoms with Crippen molar-refractivity contribution in [3.8, 4) is 0 Å². The van der Waals surface area contributed by atoms with Crippen LogP contribution in [0.1, 0.15) is 19.4 Å². The lowest BCUT2D eigenvalue weighted by Gasteiger charge is -2.14. The summed E-state index contributed by atoms with van der Waals surface area (Å²) in [6.45, 7) is 6.72. The molecule has 0 bridgehead atoms. The third-order valence-corrected chi connectivity index (χ3v) is 2.97. The van der Waals surface area contributed by atoms with Crippen LogP contribution in [0.15, 0.2) is 22.7 Å². The Morgan fingerprint density at radius 3 is 2.82 bits per heavy atom. The second-order valence-corrected chi connectivity index (χ2v) is 4.91. The first-order valence-corrected chi connectivity index (χ1v) is 6.50. The molecule has 3 nitrogen and oxygen atoms in total. The van der Waals surface area contributed by atoms with E-state index in [1.165, 1.54) is 0 Å². The van der Waals surface area contributed by atoms with Gasteiger partial charge >= 0.3 is 5.97 Å². The Morgan fingerprint density at radius 1 is 1.53 bits per heavy atom. The number of hydrogen-bond donors (Lipinski definition) is 1. The molecule has 17 heavy (non-hydrogen) atoms. The smallest absolute Gasteiger partial charge is 0.310 e. The second kappa shape index (κ2) is 6.64. The van der Waals surface area contributed by atoms with Gasteiger partial charge in [-0.2, -0.15) is 0 Å². The fourth-order valence-corrected chi connectivity index (χ4v) is 1.93. The number of benzene rings is 1. The summed E-state index contributed by atoms with van der Waals surface area (Å²) in [5.74, 6) is -0.298. The molecule has 0 aliphatic rings. The van der Waals surface area contributed by atoms with Gasteiger partial charge in [0, 0.05) is 16.7 Å². The standard InChI is InChI=1S/C13H18BrNO2/c1-4-17-13(16)10(3)8-15-12-6-5-11(14)7-9(12)2/h5-7,10,15H,4,8H2,1-3H3. The lowest BCUT2D eigenvalue weighted by molar-refractivity contribution is -0.146. The molecule has 1 aromatic rings. The Labute approximate surface area is 111 Å². The van der Waals surface area contributed by atoms with Gasteiger partial charge in [-0.3, -0.25) is 4.79 Å². The molecule has 0 aliphatic heterocycles. The fraction of sp³-hybridized carbons (Fsp3) is 0.462. The summed E-state index contributed by atoms with van der Waals surface area (Å²) in [6.07, 6.45) is 0. The topological polar surface area (TPSA) is 38.3 Å². The van der Waals surface area contributed by atoms with Crippen molar-refractivity contribution in [1.29, 1.82) is 0 Å². The zero-order chi connectivity index (χ0) is 12.8. The van der Waals surface area contributed by atoms with Gasteiger partial charge in [-0.05, 0) is 37.6 Å². The average Bonchev–Trinajstić information content (AvgIpc) is 2.27. The number of aryl methyl sites for hydroxylation is 1. The first-order chi connectivity index (χ1) is 8.04. The van der Waals surface area contributed by atoms with Crippen molar-refractivity contribution >= 4 is 27.6 Å². The van der Waals surface area contributed by atoms with E-state index in [1.807, 2.05) is 39.0 Å². The molecule has 4 heteroatoms. The van der Waals surface area contributed by atoms with E-state index in [4.69, 9.17) is 4.74 Å². The molecule has 0 aliphatic carbocycles. The van der Waals surface area contributed by atoms with Crippen molar-refractivity contribution in [2.75, 3.05) is 18.5 Å². The maximum absolute atomic E-state index is 11.4. The largest absolute Gasteiger partial charge is 0.466 e. The van der Waals surface area contributed by atoms with Crippen LogP contribution in [0.2, 0.25) is 0 Å². The molecule has 0 amide bonds. The van der Waals surface area contributed by atoms with E-state index in [-0.39, 0.29) is 11.9 Å². The van der Waals surface area contributed by atoms with Crippen LogP contribution in [-0.2, 0) is 9.53 Å². The zero-order valence-corrected chi connectivity index (χ0v) is 12.0. The van der Waals surface area contributed by atoms with E-state index >= 15 is 0 Å². The molecule has 0 saturated carbocycles. The first-order valence-electron chi connectivity index (χ1n) is 5.71. The van der Waals surface area contributed by atoms with Crippen molar-refractivity contribution in [2.45, 2.75) is 20.8 Å².